The van der Waals surface area contributed by atoms with Gasteiger partial charge in [-0.25, -0.2) is 0 Å². The molecule has 0 saturated heterocycles. The highest BCUT2D eigenvalue weighted by molar-refractivity contribution is 5.93. The van der Waals surface area contributed by atoms with Crippen LogP contribution in [0.15, 0.2) is 18.2 Å². The maximum Gasteiger partial charge on any atom is 0.227 e. The monoisotopic (exact) mass is 192 g/mol. The third-order valence-corrected chi connectivity index (χ3v) is 1.83. The normalized spacial score (nSPS) is 10.0. The number of rotatable bonds is 3. The van der Waals surface area contributed by atoms with Crippen LogP contribution in [0.25, 0.3) is 0 Å². The molecule has 1 rings (SSSR count). The summed E-state index contributed by atoms with van der Waals surface area (Å²) in [5.41, 5.74) is 0.685. The molecule has 0 aliphatic carbocycles. The predicted octanol–water partition coefficient (Wildman–Crippen LogP) is 2.09. The van der Waals surface area contributed by atoms with Gasteiger partial charge >= 0.3 is 0 Å². The van der Waals surface area contributed by atoms with Crippen molar-refractivity contribution in [1.82, 2.24) is 0 Å². The van der Waals surface area contributed by atoms with Gasteiger partial charge in [0.05, 0.1) is 12.8 Å². The maximum atomic E-state index is 11.4. The van der Waals surface area contributed by atoms with Crippen LogP contribution in [-0.2, 0) is 4.79 Å². The lowest BCUT2D eigenvalue weighted by Gasteiger charge is -2.10. The minimum absolute atomic E-state index is 0.0190. The fourth-order valence-corrected chi connectivity index (χ4v) is 0.964. The maximum absolute atomic E-state index is 11.4. The molecule has 1 aromatic carbocycles. The van der Waals surface area contributed by atoms with Crippen molar-refractivity contribution in [1.29, 1.82) is 0 Å². The Kier molecular flexibility index (Phi) is 3.51. The number of hydrogen-bond acceptors (Lipinski definition) is 2. The summed E-state index contributed by atoms with van der Waals surface area (Å²) >= 11 is 0. The van der Waals surface area contributed by atoms with E-state index in [4.69, 9.17) is 4.74 Å². The number of anilines is 1. The van der Waals surface area contributed by atoms with Gasteiger partial charge in [0.2, 0.25) is 5.91 Å². The van der Waals surface area contributed by atoms with Crippen LogP contribution in [0.2, 0.25) is 0 Å². The van der Waals surface area contributed by atoms with Gasteiger partial charge in [-0.1, -0.05) is 19.9 Å². The zero-order chi connectivity index (χ0) is 10.6. The van der Waals surface area contributed by atoms with E-state index in [0.717, 1.165) is 0 Å². The lowest BCUT2D eigenvalue weighted by molar-refractivity contribution is -0.118. The molecular weight excluding hydrogens is 178 g/mol. The summed E-state index contributed by atoms with van der Waals surface area (Å²) in [6.07, 6.45) is 0. The van der Waals surface area contributed by atoms with Crippen molar-refractivity contribution in [2.45, 2.75) is 13.8 Å². The standard InChI is InChI=1S/C11H14NO2/c1-8(2)11(13)12-9-6-4-5-7-10(9)14-3/h4,6-8H,1-3H3,(H,12,13). The molecule has 3 heteroatoms. The highest BCUT2D eigenvalue weighted by Crippen LogP contribution is 2.23. The molecule has 1 aromatic rings. The van der Waals surface area contributed by atoms with Gasteiger partial charge in [-0.15, -0.1) is 0 Å². The van der Waals surface area contributed by atoms with Gasteiger partial charge in [0.15, 0.2) is 0 Å². The summed E-state index contributed by atoms with van der Waals surface area (Å²) in [5.74, 6) is 0.569. The number of ether oxygens (including phenoxy) is 1. The first kappa shape index (κ1) is 10.6. The van der Waals surface area contributed by atoms with Crippen molar-refractivity contribution in [3.8, 4) is 5.75 Å². The Morgan fingerprint density at radius 2 is 2.29 bits per heavy atom. The van der Waals surface area contributed by atoms with Gasteiger partial charge in [0.25, 0.3) is 0 Å². The molecule has 0 aromatic heterocycles. The lowest BCUT2D eigenvalue weighted by atomic mass is 10.2. The van der Waals surface area contributed by atoms with Gasteiger partial charge in [-0.05, 0) is 18.2 Å². The van der Waals surface area contributed by atoms with E-state index in [1.807, 2.05) is 13.8 Å². The second-order valence-corrected chi connectivity index (χ2v) is 3.27. The molecule has 0 unspecified atom stereocenters. The van der Waals surface area contributed by atoms with Crippen LogP contribution in [0.3, 0.4) is 0 Å². The van der Waals surface area contributed by atoms with E-state index in [9.17, 15) is 4.79 Å². The molecular formula is C11H14NO2. The minimum Gasteiger partial charge on any atom is -0.495 e. The summed E-state index contributed by atoms with van der Waals surface area (Å²) in [5, 5.41) is 2.78. The third kappa shape index (κ3) is 2.49. The molecule has 1 radical (unpaired) electrons. The first-order valence-corrected chi connectivity index (χ1v) is 4.50. The molecule has 0 heterocycles. The number of hydrogen-bond donors (Lipinski definition) is 1. The molecule has 1 N–H and O–H groups in total. The summed E-state index contributed by atoms with van der Waals surface area (Å²) in [4.78, 5) is 11.4. The van der Waals surface area contributed by atoms with Crippen LogP contribution < -0.4 is 10.1 Å². The summed E-state index contributed by atoms with van der Waals surface area (Å²) in [7, 11) is 1.56. The predicted molar refractivity (Wildman–Crippen MR) is 55.3 cm³/mol. The molecule has 14 heavy (non-hydrogen) atoms. The zero-order valence-electron chi connectivity index (χ0n) is 8.63. The Morgan fingerprint density at radius 3 is 2.86 bits per heavy atom. The van der Waals surface area contributed by atoms with Crippen LogP contribution in [0.1, 0.15) is 13.8 Å². The van der Waals surface area contributed by atoms with Crippen LogP contribution in [0, 0.1) is 12.0 Å². The third-order valence-electron chi connectivity index (χ3n) is 1.83. The molecule has 0 spiro atoms. The fraction of sp³-hybridized carbons (Fsp3) is 0.364. The quantitative estimate of drug-likeness (QED) is 0.796. The molecule has 0 atom stereocenters. The number of benzene rings is 1. The minimum atomic E-state index is -0.0381. The van der Waals surface area contributed by atoms with Gasteiger partial charge in [-0.3, -0.25) is 4.79 Å². The molecule has 0 bridgehead atoms. The Morgan fingerprint density at radius 1 is 1.57 bits per heavy atom. The Bertz CT molecular complexity index is 321. The van der Waals surface area contributed by atoms with Crippen molar-refractivity contribution >= 4 is 11.6 Å². The number of carbonyl (C=O) groups is 1. The topological polar surface area (TPSA) is 38.3 Å². The van der Waals surface area contributed by atoms with E-state index >= 15 is 0 Å². The summed E-state index contributed by atoms with van der Waals surface area (Å²) in [6.45, 7) is 3.69. The number of nitrogens with one attached hydrogen (secondary N) is 1. The zero-order valence-corrected chi connectivity index (χ0v) is 8.63. The van der Waals surface area contributed by atoms with Gasteiger partial charge < -0.3 is 10.1 Å². The highest BCUT2D eigenvalue weighted by atomic mass is 16.5. The smallest absolute Gasteiger partial charge is 0.227 e. The first-order chi connectivity index (χ1) is 6.65. The van der Waals surface area contributed by atoms with Gasteiger partial charge in [0.1, 0.15) is 5.75 Å². The average molecular weight is 192 g/mol. The Balaban J connectivity index is 2.80. The van der Waals surface area contributed by atoms with Gasteiger partial charge in [0, 0.05) is 5.92 Å². The van der Waals surface area contributed by atoms with E-state index in [0.29, 0.717) is 11.4 Å². The number of amides is 1. The van der Waals surface area contributed by atoms with E-state index in [1.165, 1.54) is 0 Å². The SMILES string of the molecule is COc1c[c]ccc1NC(=O)C(C)C. The van der Waals surface area contributed by atoms with Crippen LogP contribution in [-0.4, -0.2) is 13.0 Å². The average Bonchev–Trinajstić information content (AvgIpc) is 2.18. The van der Waals surface area contributed by atoms with Crippen LogP contribution in [0.4, 0.5) is 5.69 Å². The molecule has 3 nitrogen and oxygen atoms in total. The van der Waals surface area contributed by atoms with E-state index in [2.05, 4.69) is 11.4 Å². The molecule has 0 saturated carbocycles. The van der Waals surface area contributed by atoms with Crippen LogP contribution in [0.5, 0.6) is 5.75 Å². The van der Waals surface area contributed by atoms with Crippen molar-refractivity contribution < 1.29 is 9.53 Å². The number of carbonyl (C=O) groups excluding carboxylic acids is 1. The molecule has 1 amide bonds. The number of methoxy groups -OCH3 is 1. The lowest BCUT2D eigenvalue weighted by Crippen LogP contribution is -2.18. The second-order valence-electron chi connectivity index (χ2n) is 3.27. The summed E-state index contributed by atoms with van der Waals surface area (Å²) in [6, 6.07) is 8.07. The van der Waals surface area contributed by atoms with Crippen molar-refractivity contribution in [2.75, 3.05) is 12.4 Å². The van der Waals surface area contributed by atoms with Crippen molar-refractivity contribution in [3.63, 3.8) is 0 Å². The van der Waals surface area contributed by atoms with Gasteiger partial charge in [-0.2, -0.15) is 0 Å². The molecule has 0 aliphatic rings. The highest BCUT2D eigenvalue weighted by Gasteiger charge is 2.09. The van der Waals surface area contributed by atoms with Crippen molar-refractivity contribution in [3.05, 3.63) is 24.3 Å². The molecule has 0 fully saturated rings. The fourth-order valence-electron chi connectivity index (χ4n) is 0.964. The molecule has 75 valence electrons. The van der Waals surface area contributed by atoms with E-state index < -0.39 is 0 Å². The first-order valence-electron chi connectivity index (χ1n) is 4.50. The van der Waals surface area contributed by atoms with E-state index in [1.54, 1.807) is 25.3 Å². The second kappa shape index (κ2) is 4.65. The largest absolute Gasteiger partial charge is 0.495 e. The van der Waals surface area contributed by atoms with E-state index in [-0.39, 0.29) is 11.8 Å². The Labute approximate surface area is 84.1 Å². The van der Waals surface area contributed by atoms with Crippen LogP contribution >= 0.6 is 0 Å². The Hall–Kier alpha value is -1.51. The van der Waals surface area contributed by atoms with Crippen molar-refractivity contribution in [2.24, 2.45) is 5.92 Å². The summed E-state index contributed by atoms with van der Waals surface area (Å²) < 4.78 is 5.08. The molecule has 0 aliphatic heterocycles.